The summed E-state index contributed by atoms with van der Waals surface area (Å²) >= 11 is 0. The summed E-state index contributed by atoms with van der Waals surface area (Å²) in [5.41, 5.74) is 1.48. The number of benzene rings is 2. The molecule has 2 unspecified atom stereocenters. The van der Waals surface area contributed by atoms with Gasteiger partial charge in [-0.05, 0) is 54.4 Å². The molecule has 0 bridgehead atoms. The van der Waals surface area contributed by atoms with Crippen molar-refractivity contribution < 1.29 is 37.0 Å². The summed E-state index contributed by atoms with van der Waals surface area (Å²) < 4.78 is 58.2. The largest absolute Gasteiger partial charge is 0.489 e. The normalized spacial score (nSPS) is 24.8. The second-order valence-corrected chi connectivity index (χ2v) is 9.58. The lowest BCUT2D eigenvalue weighted by molar-refractivity contribution is -0.136. The SMILES string of the molecule is Cc1ccc(F)cc1COc1ccc(S(=O)(=O)NC2(C(=O)NO)CC3OCOC3C2)cc1. The monoisotopic (exact) mass is 466 g/mol. The van der Waals surface area contributed by atoms with Gasteiger partial charge in [0, 0.05) is 12.8 Å². The highest BCUT2D eigenvalue weighted by molar-refractivity contribution is 7.89. The van der Waals surface area contributed by atoms with Gasteiger partial charge in [-0.15, -0.1) is 0 Å². The molecule has 2 aromatic rings. The van der Waals surface area contributed by atoms with Crippen molar-refractivity contribution in [1.29, 1.82) is 0 Å². The van der Waals surface area contributed by atoms with Gasteiger partial charge in [0.1, 0.15) is 30.5 Å². The smallest absolute Gasteiger partial charge is 0.264 e. The van der Waals surface area contributed by atoms with E-state index in [-0.39, 0.29) is 37.0 Å². The predicted octanol–water partition coefficient (Wildman–Crippen LogP) is 1.77. The molecule has 2 atom stereocenters. The molecule has 4 rings (SSSR count). The number of amides is 1. The molecule has 2 fully saturated rings. The van der Waals surface area contributed by atoms with Crippen LogP contribution in [0.2, 0.25) is 0 Å². The molecule has 9 nitrogen and oxygen atoms in total. The topological polar surface area (TPSA) is 123 Å². The van der Waals surface area contributed by atoms with Crippen LogP contribution in [-0.4, -0.2) is 44.1 Å². The van der Waals surface area contributed by atoms with E-state index in [9.17, 15) is 17.6 Å². The summed E-state index contributed by atoms with van der Waals surface area (Å²) in [4.78, 5) is 12.3. The Labute approximate surface area is 184 Å². The maximum atomic E-state index is 13.4. The molecule has 2 aromatic carbocycles. The number of hydrogen-bond donors (Lipinski definition) is 3. The first-order valence-corrected chi connectivity index (χ1v) is 11.4. The van der Waals surface area contributed by atoms with Crippen LogP contribution in [0.1, 0.15) is 24.0 Å². The number of ether oxygens (including phenoxy) is 3. The van der Waals surface area contributed by atoms with Crippen molar-refractivity contribution in [2.75, 3.05) is 6.79 Å². The number of nitrogens with one attached hydrogen (secondary N) is 2. The van der Waals surface area contributed by atoms with Gasteiger partial charge in [0.05, 0.1) is 17.1 Å². The fourth-order valence-corrected chi connectivity index (χ4v) is 5.38. The van der Waals surface area contributed by atoms with Crippen molar-refractivity contribution in [2.45, 2.75) is 49.0 Å². The van der Waals surface area contributed by atoms with E-state index in [2.05, 4.69) is 4.72 Å². The van der Waals surface area contributed by atoms with Gasteiger partial charge < -0.3 is 14.2 Å². The Morgan fingerprint density at radius 2 is 1.84 bits per heavy atom. The Balaban J connectivity index is 1.47. The number of rotatable bonds is 7. The molecular weight excluding hydrogens is 443 g/mol. The van der Waals surface area contributed by atoms with Crippen LogP contribution in [0.25, 0.3) is 0 Å². The zero-order valence-electron chi connectivity index (χ0n) is 17.2. The number of hydroxylamine groups is 1. The van der Waals surface area contributed by atoms with E-state index < -0.39 is 33.7 Å². The molecule has 1 amide bonds. The molecule has 32 heavy (non-hydrogen) atoms. The van der Waals surface area contributed by atoms with Gasteiger partial charge >= 0.3 is 0 Å². The minimum atomic E-state index is -4.12. The molecule has 2 aliphatic rings. The van der Waals surface area contributed by atoms with Crippen LogP contribution in [0.5, 0.6) is 5.75 Å². The number of carbonyl (C=O) groups is 1. The molecule has 1 aliphatic heterocycles. The van der Waals surface area contributed by atoms with E-state index in [4.69, 9.17) is 19.4 Å². The molecule has 3 N–H and O–H groups in total. The fraction of sp³-hybridized carbons (Fsp3) is 0.381. The molecule has 172 valence electrons. The standard InChI is InChI=1S/C21H23FN2O7S/c1-13-2-3-15(22)8-14(13)11-29-16-4-6-17(7-5-16)32(27,28)24-21(20(25)23-26)9-18-19(10-21)31-12-30-18/h2-8,18-19,24,26H,9-12H2,1H3,(H,23,25). The van der Waals surface area contributed by atoms with Crippen LogP contribution in [-0.2, 0) is 30.9 Å². The number of halogens is 1. The lowest BCUT2D eigenvalue weighted by atomic mass is 9.98. The molecule has 0 spiro atoms. The second-order valence-electron chi connectivity index (χ2n) is 7.90. The van der Waals surface area contributed by atoms with E-state index >= 15 is 0 Å². The van der Waals surface area contributed by atoms with Crippen LogP contribution >= 0.6 is 0 Å². The van der Waals surface area contributed by atoms with Crippen molar-refractivity contribution in [3.05, 3.63) is 59.4 Å². The highest BCUT2D eigenvalue weighted by Gasteiger charge is 2.55. The maximum absolute atomic E-state index is 13.4. The number of sulfonamides is 1. The van der Waals surface area contributed by atoms with Crippen LogP contribution in [0.4, 0.5) is 4.39 Å². The number of fused-ring (bicyclic) bond motifs is 1. The number of aryl methyl sites for hydroxylation is 1. The Morgan fingerprint density at radius 1 is 1.19 bits per heavy atom. The lowest BCUT2D eigenvalue weighted by Gasteiger charge is -2.28. The average Bonchev–Trinajstić information content (AvgIpc) is 3.33. The van der Waals surface area contributed by atoms with E-state index in [1.165, 1.54) is 41.9 Å². The fourth-order valence-electron chi connectivity index (χ4n) is 3.99. The number of hydrogen-bond acceptors (Lipinski definition) is 7. The summed E-state index contributed by atoms with van der Waals surface area (Å²) in [5, 5.41) is 9.16. The molecule has 1 heterocycles. The zero-order valence-corrected chi connectivity index (χ0v) is 18.0. The van der Waals surface area contributed by atoms with Crippen molar-refractivity contribution in [3.8, 4) is 5.75 Å². The highest BCUT2D eigenvalue weighted by Crippen LogP contribution is 2.38. The van der Waals surface area contributed by atoms with Crippen LogP contribution < -0.4 is 14.9 Å². The first-order chi connectivity index (χ1) is 15.2. The number of carbonyl (C=O) groups excluding carboxylic acids is 1. The Hall–Kier alpha value is -2.57. The van der Waals surface area contributed by atoms with E-state index in [0.29, 0.717) is 11.3 Å². The summed E-state index contributed by atoms with van der Waals surface area (Å²) in [5.74, 6) is -0.852. The van der Waals surface area contributed by atoms with Gasteiger partial charge in [0.15, 0.2) is 0 Å². The minimum Gasteiger partial charge on any atom is -0.489 e. The lowest BCUT2D eigenvalue weighted by Crippen LogP contribution is -2.57. The van der Waals surface area contributed by atoms with Crippen molar-refractivity contribution >= 4 is 15.9 Å². The van der Waals surface area contributed by atoms with Crippen molar-refractivity contribution in [1.82, 2.24) is 10.2 Å². The first kappa shape index (κ1) is 22.6. The molecule has 1 aliphatic carbocycles. The highest BCUT2D eigenvalue weighted by atomic mass is 32.2. The Bertz CT molecular complexity index is 1100. The van der Waals surface area contributed by atoms with Gasteiger partial charge in [0.25, 0.3) is 5.91 Å². The van der Waals surface area contributed by atoms with Gasteiger partial charge in [-0.3, -0.25) is 10.0 Å². The Morgan fingerprint density at radius 3 is 2.47 bits per heavy atom. The minimum absolute atomic E-state index is 0.0253. The molecule has 11 heteroatoms. The summed E-state index contributed by atoms with van der Waals surface area (Å²) in [6, 6.07) is 10.0. The average molecular weight is 466 g/mol. The predicted molar refractivity (Wildman–Crippen MR) is 109 cm³/mol. The quantitative estimate of drug-likeness (QED) is 0.420. The molecular formula is C21H23FN2O7S. The zero-order chi connectivity index (χ0) is 22.9. The van der Waals surface area contributed by atoms with Crippen molar-refractivity contribution in [3.63, 3.8) is 0 Å². The molecule has 1 saturated heterocycles. The van der Waals surface area contributed by atoms with Crippen molar-refractivity contribution in [2.24, 2.45) is 0 Å². The van der Waals surface area contributed by atoms with Crippen LogP contribution in [0.3, 0.4) is 0 Å². The second kappa shape index (κ2) is 8.75. The van der Waals surface area contributed by atoms with E-state index in [1.807, 2.05) is 6.92 Å². The summed E-state index contributed by atoms with van der Waals surface area (Å²) in [7, 11) is -4.12. The van der Waals surface area contributed by atoms with Crippen LogP contribution in [0.15, 0.2) is 47.4 Å². The van der Waals surface area contributed by atoms with Gasteiger partial charge in [-0.25, -0.2) is 18.3 Å². The first-order valence-electron chi connectivity index (χ1n) is 9.92. The Kier molecular flexibility index (Phi) is 6.19. The third kappa shape index (κ3) is 4.48. The third-order valence-electron chi connectivity index (χ3n) is 5.78. The third-order valence-corrected chi connectivity index (χ3v) is 7.34. The van der Waals surface area contributed by atoms with Gasteiger partial charge in [-0.2, -0.15) is 4.72 Å². The summed E-state index contributed by atoms with van der Waals surface area (Å²) in [6.45, 7) is 2.04. The van der Waals surface area contributed by atoms with Gasteiger partial charge in [0.2, 0.25) is 10.0 Å². The van der Waals surface area contributed by atoms with E-state index in [0.717, 1.165) is 5.56 Å². The maximum Gasteiger partial charge on any atom is 0.264 e. The van der Waals surface area contributed by atoms with Gasteiger partial charge in [-0.1, -0.05) is 6.07 Å². The molecule has 1 saturated carbocycles. The molecule has 0 aromatic heterocycles. The van der Waals surface area contributed by atoms with Crippen LogP contribution in [0, 0.1) is 12.7 Å². The van der Waals surface area contributed by atoms with E-state index in [1.54, 1.807) is 6.07 Å². The summed E-state index contributed by atoms with van der Waals surface area (Å²) in [6.07, 6.45) is -0.844. The molecule has 0 radical (unpaired) electrons.